The van der Waals surface area contributed by atoms with Gasteiger partial charge in [-0.25, -0.2) is 9.18 Å². The highest BCUT2D eigenvalue weighted by molar-refractivity contribution is 8.04. The predicted molar refractivity (Wildman–Crippen MR) is 93.3 cm³/mol. The number of hydrogen-bond donors (Lipinski definition) is 0. The molecule has 25 heavy (non-hydrogen) atoms. The second-order valence-corrected chi connectivity index (χ2v) is 6.11. The molecule has 0 saturated carbocycles. The SMILES string of the molecule is CCOC(=O)C=C1SCC(=O)N1CC(=O)N(CC)c1ccc(F)cc1. The summed E-state index contributed by atoms with van der Waals surface area (Å²) in [6.45, 7) is 3.89. The number of carbonyl (C=O) groups excluding carboxylic acids is 3. The fourth-order valence-corrected chi connectivity index (χ4v) is 3.26. The van der Waals surface area contributed by atoms with Crippen LogP contribution in [0.4, 0.5) is 10.1 Å². The van der Waals surface area contributed by atoms with Crippen molar-refractivity contribution in [2.75, 3.05) is 30.3 Å². The molecule has 1 aromatic carbocycles. The monoisotopic (exact) mass is 366 g/mol. The lowest BCUT2D eigenvalue weighted by Crippen LogP contribution is -2.40. The molecule has 1 saturated heterocycles. The Hall–Kier alpha value is -2.35. The fourth-order valence-electron chi connectivity index (χ4n) is 2.33. The smallest absolute Gasteiger partial charge is 0.333 e. The molecule has 0 aliphatic carbocycles. The van der Waals surface area contributed by atoms with Gasteiger partial charge in [0, 0.05) is 12.2 Å². The third kappa shape index (κ3) is 4.82. The molecule has 2 rings (SSSR count). The van der Waals surface area contributed by atoms with Gasteiger partial charge in [-0.3, -0.25) is 14.5 Å². The first-order valence-corrected chi connectivity index (χ1v) is 8.82. The van der Waals surface area contributed by atoms with Gasteiger partial charge >= 0.3 is 5.97 Å². The molecule has 0 unspecified atom stereocenters. The minimum absolute atomic E-state index is 0.168. The second kappa shape index (κ2) is 8.66. The molecule has 6 nitrogen and oxygen atoms in total. The number of nitrogens with zero attached hydrogens (tertiary/aromatic N) is 2. The van der Waals surface area contributed by atoms with Crippen molar-refractivity contribution in [3.05, 3.63) is 41.2 Å². The summed E-state index contributed by atoms with van der Waals surface area (Å²) in [5, 5.41) is 0.395. The summed E-state index contributed by atoms with van der Waals surface area (Å²) in [6, 6.07) is 5.56. The van der Waals surface area contributed by atoms with Gasteiger partial charge in [0.2, 0.25) is 11.8 Å². The van der Waals surface area contributed by atoms with E-state index in [2.05, 4.69) is 0 Å². The van der Waals surface area contributed by atoms with E-state index in [1.807, 2.05) is 0 Å². The maximum Gasteiger partial charge on any atom is 0.333 e. The molecule has 0 aromatic heterocycles. The number of hydrogen-bond acceptors (Lipinski definition) is 5. The number of esters is 1. The Balaban J connectivity index is 2.14. The van der Waals surface area contributed by atoms with Gasteiger partial charge in [-0.05, 0) is 38.1 Å². The maximum atomic E-state index is 13.1. The lowest BCUT2D eigenvalue weighted by molar-refractivity contribution is -0.137. The molecular formula is C17H19FN2O4S. The lowest BCUT2D eigenvalue weighted by Gasteiger charge is -2.24. The van der Waals surface area contributed by atoms with Crippen LogP contribution in [0.3, 0.4) is 0 Å². The van der Waals surface area contributed by atoms with E-state index in [0.29, 0.717) is 17.3 Å². The van der Waals surface area contributed by atoms with Crippen LogP contribution in [0.5, 0.6) is 0 Å². The van der Waals surface area contributed by atoms with E-state index < -0.39 is 11.8 Å². The summed E-state index contributed by atoms with van der Waals surface area (Å²) >= 11 is 1.19. The van der Waals surface area contributed by atoms with Crippen molar-refractivity contribution in [1.29, 1.82) is 0 Å². The molecule has 1 aliphatic rings. The lowest BCUT2D eigenvalue weighted by atomic mass is 10.2. The van der Waals surface area contributed by atoms with Crippen molar-refractivity contribution < 1.29 is 23.5 Å². The largest absolute Gasteiger partial charge is 0.463 e. The third-order valence-electron chi connectivity index (χ3n) is 3.49. The maximum absolute atomic E-state index is 13.1. The molecule has 2 amide bonds. The average molecular weight is 366 g/mol. The molecule has 1 fully saturated rings. The van der Waals surface area contributed by atoms with E-state index >= 15 is 0 Å². The van der Waals surface area contributed by atoms with Crippen molar-refractivity contribution in [2.45, 2.75) is 13.8 Å². The third-order valence-corrected chi connectivity index (χ3v) is 4.51. The Kier molecular flexibility index (Phi) is 6.58. The highest BCUT2D eigenvalue weighted by Crippen LogP contribution is 2.29. The molecular weight excluding hydrogens is 347 g/mol. The van der Waals surface area contributed by atoms with Crippen molar-refractivity contribution in [3.8, 4) is 0 Å². The molecule has 1 aromatic rings. The first kappa shape index (κ1) is 19.0. The zero-order valence-corrected chi connectivity index (χ0v) is 14.8. The molecule has 8 heteroatoms. The first-order chi connectivity index (χ1) is 12.0. The summed E-state index contributed by atoms with van der Waals surface area (Å²) in [7, 11) is 0. The summed E-state index contributed by atoms with van der Waals surface area (Å²) in [4.78, 5) is 39.0. The van der Waals surface area contributed by atoms with Gasteiger partial charge in [0.25, 0.3) is 0 Å². The predicted octanol–water partition coefficient (Wildman–Crippen LogP) is 2.16. The average Bonchev–Trinajstić information content (AvgIpc) is 2.90. The summed E-state index contributed by atoms with van der Waals surface area (Å²) < 4.78 is 17.9. The van der Waals surface area contributed by atoms with E-state index in [1.165, 1.54) is 51.9 Å². The Morgan fingerprint density at radius 3 is 2.60 bits per heavy atom. The number of likely N-dealkylation sites (N-methyl/N-ethyl adjacent to an activating group) is 1. The summed E-state index contributed by atoms with van der Waals surface area (Å²) in [6.07, 6.45) is 1.22. The topological polar surface area (TPSA) is 66.9 Å². The summed E-state index contributed by atoms with van der Waals surface area (Å²) in [5.74, 6) is -1.34. The van der Waals surface area contributed by atoms with E-state index in [1.54, 1.807) is 13.8 Å². The minimum atomic E-state index is -0.553. The van der Waals surface area contributed by atoms with Gasteiger partial charge in [0.1, 0.15) is 12.4 Å². The van der Waals surface area contributed by atoms with Crippen molar-refractivity contribution in [2.24, 2.45) is 0 Å². The summed E-state index contributed by atoms with van der Waals surface area (Å²) in [5.41, 5.74) is 0.545. The van der Waals surface area contributed by atoms with E-state index in [9.17, 15) is 18.8 Å². The molecule has 0 radical (unpaired) electrons. The molecule has 0 bridgehead atoms. The Labute approximate surface area is 149 Å². The van der Waals surface area contributed by atoms with Gasteiger partial charge in [-0.1, -0.05) is 11.8 Å². The quantitative estimate of drug-likeness (QED) is 0.570. The van der Waals surface area contributed by atoms with Crippen LogP contribution >= 0.6 is 11.8 Å². The van der Waals surface area contributed by atoms with Gasteiger partial charge in [0.05, 0.1) is 23.5 Å². The zero-order valence-electron chi connectivity index (χ0n) is 14.0. The van der Waals surface area contributed by atoms with Crippen molar-refractivity contribution in [1.82, 2.24) is 4.90 Å². The van der Waals surface area contributed by atoms with Crippen LogP contribution in [0.15, 0.2) is 35.4 Å². The molecule has 0 atom stereocenters. The molecule has 0 N–H and O–H groups in total. The second-order valence-electron chi connectivity index (χ2n) is 5.12. The molecule has 1 aliphatic heterocycles. The van der Waals surface area contributed by atoms with Crippen LogP contribution in [-0.4, -0.2) is 48.1 Å². The number of amides is 2. The first-order valence-electron chi connectivity index (χ1n) is 7.83. The highest BCUT2D eigenvalue weighted by atomic mass is 32.2. The van der Waals surface area contributed by atoms with E-state index in [4.69, 9.17) is 4.74 Å². The van der Waals surface area contributed by atoms with Crippen LogP contribution in [0.2, 0.25) is 0 Å². The minimum Gasteiger partial charge on any atom is -0.463 e. The van der Waals surface area contributed by atoms with E-state index in [-0.39, 0.29) is 30.7 Å². The van der Waals surface area contributed by atoms with E-state index in [0.717, 1.165) is 0 Å². The number of thioether (sulfide) groups is 1. The Morgan fingerprint density at radius 1 is 1.32 bits per heavy atom. The van der Waals surface area contributed by atoms with Crippen LogP contribution in [-0.2, 0) is 19.1 Å². The van der Waals surface area contributed by atoms with Crippen molar-refractivity contribution >= 4 is 35.2 Å². The van der Waals surface area contributed by atoms with Gasteiger partial charge in [0.15, 0.2) is 0 Å². The molecule has 0 spiro atoms. The Bertz CT molecular complexity index is 690. The Morgan fingerprint density at radius 2 is 2.00 bits per heavy atom. The molecule has 1 heterocycles. The van der Waals surface area contributed by atoms with Gasteiger partial charge < -0.3 is 9.64 Å². The normalized spacial score (nSPS) is 15.6. The number of ether oxygens (including phenoxy) is 1. The van der Waals surface area contributed by atoms with Gasteiger partial charge in [-0.2, -0.15) is 0 Å². The van der Waals surface area contributed by atoms with Crippen LogP contribution < -0.4 is 4.90 Å². The highest BCUT2D eigenvalue weighted by Gasteiger charge is 2.30. The van der Waals surface area contributed by atoms with Crippen LogP contribution in [0, 0.1) is 5.82 Å². The number of halogens is 1. The standard InChI is InChI=1S/C17H19FN2O4S/c1-3-19(13-7-5-12(18)6-8-13)14(21)10-20-15(22)11-25-16(20)9-17(23)24-4-2/h5-9H,3-4,10-11H2,1-2H3. The number of carbonyl (C=O) groups is 3. The number of benzene rings is 1. The van der Waals surface area contributed by atoms with Crippen LogP contribution in [0.25, 0.3) is 0 Å². The van der Waals surface area contributed by atoms with Crippen molar-refractivity contribution in [3.63, 3.8) is 0 Å². The zero-order chi connectivity index (χ0) is 18.4. The van der Waals surface area contributed by atoms with Crippen LogP contribution in [0.1, 0.15) is 13.8 Å². The molecule has 134 valence electrons. The number of rotatable bonds is 6. The number of anilines is 1. The fraction of sp³-hybridized carbons (Fsp3) is 0.353. The van der Waals surface area contributed by atoms with Gasteiger partial charge in [-0.15, -0.1) is 0 Å².